The molecular weight excluding hydrogens is 188 g/mol. The van der Waals surface area contributed by atoms with Gasteiger partial charge in [0.2, 0.25) is 5.91 Å². The number of rotatable bonds is 4. The molecule has 86 valence electrons. The van der Waals surface area contributed by atoms with Crippen LogP contribution in [0.1, 0.15) is 39.5 Å². The Balaban J connectivity index is 1.84. The van der Waals surface area contributed by atoms with E-state index >= 15 is 0 Å². The average Bonchev–Trinajstić information content (AvgIpc) is 2.75. The maximum atomic E-state index is 12.1. The minimum atomic E-state index is 0.0107. The molecule has 2 N–H and O–H groups in total. The molecule has 1 saturated heterocycles. The maximum absolute atomic E-state index is 12.1. The summed E-state index contributed by atoms with van der Waals surface area (Å²) in [6.07, 6.45) is 4.33. The molecule has 0 aromatic carbocycles. The van der Waals surface area contributed by atoms with Gasteiger partial charge in [-0.1, -0.05) is 13.8 Å². The minimum Gasteiger partial charge on any atom is -0.352 e. The summed E-state index contributed by atoms with van der Waals surface area (Å²) in [4.78, 5) is 12.1. The first-order valence-electron chi connectivity index (χ1n) is 6.14. The van der Waals surface area contributed by atoms with E-state index in [2.05, 4.69) is 24.5 Å². The Morgan fingerprint density at radius 3 is 2.73 bits per heavy atom. The number of amides is 1. The highest BCUT2D eigenvalue weighted by molar-refractivity contribution is 5.85. The third-order valence-electron chi connectivity index (χ3n) is 3.53. The van der Waals surface area contributed by atoms with Crippen molar-refractivity contribution in [2.45, 2.75) is 45.6 Å². The van der Waals surface area contributed by atoms with E-state index in [4.69, 9.17) is 0 Å². The Morgan fingerprint density at radius 1 is 1.53 bits per heavy atom. The van der Waals surface area contributed by atoms with E-state index in [9.17, 15) is 4.79 Å². The molecule has 1 heterocycles. The minimum absolute atomic E-state index is 0.0107. The molecule has 0 aromatic rings. The second-order valence-electron chi connectivity index (χ2n) is 5.54. The van der Waals surface area contributed by atoms with E-state index in [0.29, 0.717) is 17.9 Å². The second kappa shape index (κ2) is 4.12. The second-order valence-corrected chi connectivity index (χ2v) is 5.54. The first-order valence-corrected chi connectivity index (χ1v) is 6.14. The van der Waals surface area contributed by atoms with Crippen LogP contribution < -0.4 is 10.6 Å². The normalized spacial score (nSPS) is 28.1. The Bertz CT molecular complexity index is 240. The third kappa shape index (κ3) is 2.51. The number of nitrogens with one attached hydrogen (secondary N) is 2. The summed E-state index contributed by atoms with van der Waals surface area (Å²) in [5.74, 6) is 0.935. The molecule has 0 aromatic heterocycles. The van der Waals surface area contributed by atoms with Gasteiger partial charge >= 0.3 is 0 Å². The summed E-state index contributed by atoms with van der Waals surface area (Å²) in [7, 11) is 0. The van der Waals surface area contributed by atoms with Crippen molar-refractivity contribution in [3.8, 4) is 0 Å². The summed E-state index contributed by atoms with van der Waals surface area (Å²) in [5, 5.41) is 6.46. The van der Waals surface area contributed by atoms with Crippen molar-refractivity contribution in [1.29, 1.82) is 0 Å². The number of carbonyl (C=O) groups excluding carboxylic acids is 1. The first-order chi connectivity index (χ1) is 7.12. The maximum Gasteiger partial charge on any atom is 0.226 e. The Kier molecular flexibility index (Phi) is 3.01. The third-order valence-corrected chi connectivity index (χ3v) is 3.53. The molecule has 2 aliphatic rings. The van der Waals surface area contributed by atoms with Crippen molar-refractivity contribution >= 4 is 5.91 Å². The highest BCUT2D eigenvalue weighted by atomic mass is 16.2. The van der Waals surface area contributed by atoms with Crippen LogP contribution in [-0.4, -0.2) is 25.0 Å². The van der Waals surface area contributed by atoms with Crippen LogP contribution in [0, 0.1) is 11.3 Å². The highest BCUT2D eigenvalue weighted by Crippen LogP contribution is 2.50. The molecule has 0 radical (unpaired) electrons. The van der Waals surface area contributed by atoms with Gasteiger partial charge in [0.15, 0.2) is 0 Å². The predicted octanol–water partition coefficient (Wildman–Crippen LogP) is 1.29. The lowest BCUT2D eigenvalue weighted by Gasteiger charge is -2.20. The van der Waals surface area contributed by atoms with Gasteiger partial charge in [-0.25, -0.2) is 0 Å². The summed E-state index contributed by atoms with van der Waals surface area (Å²) in [6, 6.07) is 0.377. The molecule has 1 saturated carbocycles. The van der Waals surface area contributed by atoms with Crippen LogP contribution in [0.5, 0.6) is 0 Å². The van der Waals surface area contributed by atoms with Gasteiger partial charge in [-0.05, 0) is 38.1 Å². The zero-order chi connectivity index (χ0) is 10.9. The lowest BCUT2D eigenvalue weighted by atomic mass is 9.93. The van der Waals surface area contributed by atoms with Crippen molar-refractivity contribution in [1.82, 2.24) is 10.6 Å². The predicted molar refractivity (Wildman–Crippen MR) is 60.5 cm³/mol. The van der Waals surface area contributed by atoms with Gasteiger partial charge in [0.1, 0.15) is 0 Å². The highest BCUT2D eigenvalue weighted by Gasteiger charge is 2.50. The number of carbonyl (C=O) groups is 1. The summed E-state index contributed by atoms with van der Waals surface area (Å²) in [6.45, 7) is 6.39. The summed E-state index contributed by atoms with van der Waals surface area (Å²) < 4.78 is 0. The summed E-state index contributed by atoms with van der Waals surface area (Å²) in [5.41, 5.74) is 0.0107. The molecule has 1 unspecified atom stereocenters. The topological polar surface area (TPSA) is 41.1 Å². The molecule has 1 atom stereocenters. The van der Waals surface area contributed by atoms with Crippen LogP contribution in [0.15, 0.2) is 0 Å². The van der Waals surface area contributed by atoms with Gasteiger partial charge in [-0.15, -0.1) is 0 Å². The smallest absolute Gasteiger partial charge is 0.226 e. The van der Waals surface area contributed by atoms with Crippen molar-refractivity contribution in [3.05, 3.63) is 0 Å². The van der Waals surface area contributed by atoms with Gasteiger partial charge in [-0.2, -0.15) is 0 Å². The zero-order valence-electron chi connectivity index (χ0n) is 9.81. The van der Waals surface area contributed by atoms with Crippen molar-refractivity contribution in [2.75, 3.05) is 13.1 Å². The fourth-order valence-electron chi connectivity index (χ4n) is 2.57. The molecule has 1 amide bonds. The van der Waals surface area contributed by atoms with Crippen molar-refractivity contribution < 1.29 is 4.79 Å². The standard InChI is InChI=1S/C12H22N2O/c1-9(2)7-12(4-5-12)11(15)14-10-3-6-13-8-10/h9-10,13H,3-8H2,1-2H3,(H,14,15). The summed E-state index contributed by atoms with van der Waals surface area (Å²) >= 11 is 0. The van der Waals surface area contributed by atoms with Crippen molar-refractivity contribution in [3.63, 3.8) is 0 Å². The van der Waals surface area contributed by atoms with Crippen LogP contribution in [0.4, 0.5) is 0 Å². The van der Waals surface area contributed by atoms with E-state index in [-0.39, 0.29) is 5.41 Å². The van der Waals surface area contributed by atoms with Gasteiger partial charge in [0, 0.05) is 18.0 Å². The van der Waals surface area contributed by atoms with Gasteiger partial charge in [0.05, 0.1) is 0 Å². The van der Waals surface area contributed by atoms with E-state index in [1.165, 1.54) is 0 Å². The fourth-order valence-corrected chi connectivity index (χ4v) is 2.57. The molecular formula is C12H22N2O. The van der Waals surface area contributed by atoms with Crippen molar-refractivity contribution in [2.24, 2.45) is 11.3 Å². The van der Waals surface area contributed by atoms with E-state index in [1.54, 1.807) is 0 Å². The van der Waals surface area contributed by atoms with E-state index in [1.807, 2.05) is 0 Å². The van der Waals surface area contributed by atoms with Gasteiger partial charge in [0.25, 0.3) is 0 Å². The van der Waals surface area contributed by atoms with E-state index < -0.39 is 0 Å². The number of hydrogen-bond acceptors (Lipinski definition) is 2. The first kappa shape index (κ1) is 10.9. The molecule has 15 heavy (non-hydrogen) atoms. The Labute approximate surface area is 92.0 Å². The fraction of sp³-hybridized carbons (Fsp3) is 0.917. The monoisotopic (exact) mass is 210 g/mol. The Hall–Kier alpha value is -0.570. The molecule has 1 aliphatic heterocycles. The quantitative estimate of drug-likeness (QED) is 0.734. The largest absolute Gasteiger partial charge is 0.352 e. The van der Waals surface area contributed by atoms with Crippen LogP contribution >= 0.6 is 0 Å². The van der Waals surface area contributed by atoms with Crippen LogP contribution in [0.3, 0.4) is 0 Å². The molecule has 3 nitrogen and oxygen atoms in total. The van der Waals surface area contributed by atoms with E-state index in [0.717, 1.165) is 38.8 Å². The zero-order valence-corrected chi connectivity index (χ0v) is 9.81. The number of hydrogen-bond donors (Lipinski definition) is 2. The molecule has 3 heteroatoms. The molecule has 0 bridgehead atoms. The van der Waals surface area contributed by atoms with Gasteiger partial charge in [-0.3, -0.25) is 4.79 Å². The molecule has 2 fully saturated rings. The lowest BCUT2D eigenvalue weighted by Crippen LogP contribution is -2.41. The Morgan fingerprint density at radius 2 is 2.27 bits per heavy atom. The SMILES string of the molecule is CC(C)CC1(C(=O)NC2CCNC2)CC1. The average molecular weight is 210 g/mol. The van der Waals surface area contributed by atoms with Crippen LogP contribution in [-0.2, 0) is 4.79 Å². The molecule has 2 rings (SSSR count). The molecule has 0 spiro atoms. The molecule has 1 aliphatic carbocycles. The van der Waals surface area contributed by atoms with Gasteiger partial charge < -0.3 is 10.6 Å². The lowest BCUT2D eigenvalue weighted by molar-refractivity contribution is -0.127. The van der Waals surface area contributed by atoms with Crippen LogP contribution in [0.25, 0.3) is 0 Å². The van der Waals surface area contributed by atoms with Crippen LogP contribution in [0.2, 0.25) is 0 Å².